The van der Waals surface area contributed by atoms with E-state index in [0.29, 0.717) is 0 Å². The largest absolute Gasteiger partial charge is 0.457 e. The van der Waals surface area contributed by atoms with Gasteiger partial charge in [-0.3, -0.25) is 4.79 Å². The molecule has 0 aromatic carbocycles. The molecule has 1 aliphatic heterocycles. The SMILES string of the molecule is CC(=O)O[C@@H]1[C@@H](OC(C)(C)O)CO[C@@H]1C(O)CO. The van der Waals surface area contributed by atoms with E-state index in [9.17, 15) is 15.0 Å². The van der Waals surface area contributed by atoms with Gasteiger partial charge in [-0.25, -0.2) is 0 Å². The predicted octanol–water partition coefficient (Wildman–Crippen LogP) is -1.22. The number of rotatable bonds is 5. The Kier molecular flexibility index (Phi) is 5.06. The lowest BCUT2D eigenvalue weighted by atomic mass is 10.1. The highest BCUT2D eigenvalue weighted by Gasteiger charge is 2.45. The Labute approximate surface area is 105 Å². The maximum atomic E-state index is 11.0. The van der Waals surface area contributed by atoms with Crippen LogP contribution in [-0.4, -0.2) is 64.7 Å². The van der Waals surface area contributed by atoms with Gasteiger partial charge in [0.2, 0.25) is 0 Å². The first-order valence-corrected chi connectivity index (χ1v) is 5.72. The van der Waals surface area contributed by atoms with Crippen molar-refractivity contribution in [2.75, 3.05) is 13.2 Å². The number of esters is 1. The van der Waals surface area contributed by atoms with Crippen LogP contribution in [-0.2, 0) is 19.0 Å². The summed E-state index contributed by atoms with van der Waals surface area (Å²) in [5.74, 6) is -1.96. The fourth-order valence-electron chi connectivity index (χ4n) is 1.85. The summed E-state index contributed by atoms with van der Waals surface area (Å²) in [6.45, 7) is 3.64. The van der Waals surface area contributed by atoms with Gasteiger partial charge in [-0.05, 0) is 13.8 Å². The first-order valence-electron chi connectivity index (χ1n) is 5.72. The molecule has 4 atom stereocenters. The number of carbonyl (C=O) groups excluding carboxylic acids is 1. The zero-order valence-corrected chi connectivity index (χ0v) is 10.7. The van der Waals surface area contributed by atoms with E-state index in [2.05, 4.69) is 0 Å². The van der Waals surface area contributed by atoms with Crippen molar-refractivity contribution in [3.63, 3.8) is 0 Å². The van der Waals surface area contributed by atoms with Crippen molar-refractivity contribution >= 4 is 5.97 Å². The summed E-state index contributed by atoms with van der Waals surface area (Å²) in [5, 5.41) is 28.1. The summed E-state index contributed by atoms with van der Waals surface area (Å²) < 4.78 is 15.6. The molecule has 0 aliphatic carbocycles. The molecule has 0 spiro atoms. The molecule has 1 unspecified atom stereocenters. The minimum absolute atomic E-state index is 0.0592. The summed E-state index contributed by atoms with van der Waals surface area (Å²) >= 11 is 0. The molecule has 7 heteroatoms. The molecule has 0 saturated carbocycles. The van der Waals surface area contributed by atoms with E-state index in [1.165, 1.54) is 20.8 Å². The highest BCUT2D eigenvalue weighted by atomic mass is 16.7. The molecule has 18 heavy (non-hydrogen) atoms. The van der Waals surface area contributed by atoms with Gasteiger partial charge in [-0.1, -0.05) is 0 Å². The smallest absolute Gasteiger partial charge is 0.303 e. The van der Waals surface area contributed by atoms with Crippen LogP contribution in [0.2, 0.25) is 0 Å². The fraction of sp³-hybridized carbons (Fsp3) is 0.909. The van der Waals surface area contributed by atoms with Gasteiger partial charge in [0.25, 0.3) is 0 Å². The Hall–Kier alpha value is -0.730. The third-order valence-corrected chi connectivity index (χ3v) is 2.45. The molecule has 1 saturated heterocycles. The second kappa shape index (κ2) is 5.94. The van der Waals surface area contributed by atoms with Gasteiger partial charge >= 0.3 is 5.97 Å². The second-order valence-electron chi connectivity index (χ2n) is 4.72. The molecule has 1 fully saturated rings. The van der Waals surface area contributed by atoms with Crippen LogP contribution < -0.4 is 0 Å². The molecular formula is C11H20O7. The first kappa shape index (κ1) is 15.3. The zero-order chi connectivity index (χ0) is 13.9. The molecule has 0 bridgehead atoms. The summed E-state index contributed by atoms with van der Waals surface area (Å²) in [7, 11) is 0. The maximum Gasteiger partial charge on any atom is 0.303 e. The van der Waals surface area contributed by atoms with Crippen LogP contribution in [0.5, 0.6) is 0 Å². The van der Waals surface area contributed by atoms with Crippen molar-refractivity contribution in [1.82, 2.24) is 0 Å². The van der Waals surface area contributed by atoms with Crippen molar-refractivity contribution in [3.8, 4) is 0 Å². The minimum atomic E-state index is -1.41. The average molecular weight is 264 g/mol. The number of carbonyl (C=O) groups is 1. The number of aliphatic hydroxyl groups is 3. The molecule has 106 valence electrons. The van der Waals surface area contributed by atoms with Gasteiger partial charge < -0.3 is 29.5 Å². The molecule has 0 radical (unpaired) electrons. The Bertz CT molecular complexity index is 286. The summed E-state index contributed by atoms with van der Waals surface area (Å²) in [5.41, 5.74) is 0. The first-order chi connectivity index (χ1) is 8.24. The molecule has 1 rings (SSSR count). The lowest BCUT2D eigenvalue weighted by molar-refractivity contribution is -0.223. The predicted molar refractivity (Wildman–Crippen MR) is 59.6 cm³/mol. The number of ether oxygens (including phenoxy) is 3. The molecule has 0 amide bonds. The third kappa shape index (κ3) is 4.18. The lowest BCUT2D eigenvalue weighted by Gasteiger charge is -2.28. The van der Waals surface area contributed by atoms with Gasteiger partial charge in [0.15, 0.2) is 11.9 Å². The van der Waals surface area contributed by atoms with Crippen LogP contribution in [0.1, 0.15) is 20.8 Å². The standard InChI is InChI=1S/C11H20O7/c1-6(13)17-10-8(18-11(2,3)15)5-16-9(10)7(14)4-12/h7-10,12,14-15H,4-5H2,1-3H3/t7?,8-,9+,10+/m0/s1. The minimum Gasteiger partial charge on any atom is -0.457 e. The van der Waals surface area contributed by atoms with E-state index in [4.69, 9.17) is 19.3 Å². The maximum absolute atomic E-state index is 11.0. The molecular weight excluding hydrogens is 244 g/mol. The number of hydrogen-bond donors (Lipinski definition) is 3. The van der Waals surface area contributed by atoms with E-state index < -0.39 is 42.8 Å². The quantitative estimate of drug-likeness (QED) is 0.422. The van der Waals surface area contributed by atoms with Crippen LogP contribution in [0, 0.1) is 0 Å². The van der Waals surface area contributed by atoms with Gasteiger partial charge in [-0.2, -0.15) is 0 Å². The number of aliphatic hydroxyl groups excluding tert-OH is 2. The molecule has 1 heterocycles. The normalized spacial score (nSPS) is 30.2. The average Bonchev–Trinajstić information content (AvgIpc) is 2.57. The number of hydrogen-bond acceptors (Lipinski definition) is 7. The molecule has 3 N–H and O–H groups in total. The molecule has 7 nitrogen and oxygen atoms in total. The summed E-state index contributed by atoms with van der Waals surface area (Å²) in [6.07, 6.45) is -3.60. The van der Waals surface area contributed by atoms with Crippen molar-refractivity contribution in [2.24, 2.45) is 0 Å². The molecule has 1 aliphatic rings. The van der Waals surface area contributed by atoms with Crippen molar-refractivity contribution in [2.45, 2.75) is 51.0 Å². The van der Waals surface area contributed by atoms with E-state index in [0.717, 1.165) is 0 Å². The second-order valence-corrected chi connectivity index (χ2v) is 4.72. The van der Waals surface area contributed by atoms with E-state index in [-0.39, 0.29) is 6.61 Å². The van der Waals surface area contributed by atoms with Crippen LogP contribution >= 0.6 is 0 Å². The van der Waals surface area contributed by atoms with Gasteiger partial charge in [0, 0.05) is 6.92 Å². The van der Waals surface area contributed by atoms with Gasteiger partial charge in [0.1, 0.15) is 18.3 Å². The van der Waals surface area contributed by atoms with Gasteiger partial charge in [-0.15, -0.1) is 0 Å². The molecule has 0 aromatic rings. The van der Waals surface area contributed by atoms with Crippen LogP contribution in [0.25, 0.3) is 0 Å². The van der Waals surface area contributed by atoms with Crippen molar-refractivity contribution < 1.29 is 34.3 Å². The summed E-state index contributed by atoms with van der Waals surface area (Å²) in [4.78, 5) is 11.0. The lowest BCUT2D eigenvalue weighted by Crippen LogP contribution is -2.46. The monoisotopic (exact) mass is 264 g/mol. The van der Waals surface area contributed by atoms with Crippen LogP contribution in [0.4, 0.5) is 0 Å². The topological polar surface area (TPSA) is 105 Å². The van der Waals surface area contributed by atoms with Crippen LogP contribution in [0.15, 0.2) is 0 Å². The van der Waals surface area contributed by atoms with E-state index >= 15 is 0 Å². The molecule has 0 aromatic heterocycles. The Balaban J connectivity index is 2.76. The van der Waals surface area contributed by atoms with Crippen LogP contribution in [0.3, 0.4) is 0 Å². The highest BCUT2D eigenvalue weighted by Crippen LogP contribution is 2.26. The Morgan fingerprint density at radius 2 is 2.17 bits per heavy atom. The van der Waals surface area contributed by atoms with E-state index in [1.807, 2.05) is 0 Å². The van der Waals surface area contributed by atoms with E-state index in [1.54, 1.807) is 0 Å². The fourth-order valence-corrected chi connectivity index (χ4v) is 1.85. The van der Waals surface area contributed by atoms with Crippen molar-refractivity contribution in [1.29, 1.82) is 0 Å². The summed E-state index contributed by atoms with van der Waals surface area (Å²) in [6, 6.07) is 0. The third-order valence-electron chi connectivity index (χ3n) is 2.45. The Morgan fingerprint density at radius 3 is 2.61 bits per heavy atom. The van der Waals surface area contributed by atoms with Gasteiger partial charge in [0.05, 0.1) is 13.2 Å². The van der Waals surface area contributed by atoms with Crippen molar-refractivity contribution in [3.05, 3.63) is 0 Å². The Morgan fingerprint density at radius 1 is 1.56 bits per heavy atom. The zero-order valence-electron chi connectivity index (χ0n) is 10.7. The highest BCUT2D eigenvalue weighted by molar-refractivity contribution is 5.66.